The van der Waals surface area contributed by atoms with E-state index in [-0.39, 0.29) is 33.8 Å². The van der Waals surface area contributed by atoms with Crippen molar-refractivity contribution in [3.8, 4) is 0 Å². The third kappa shape index (κ3) is 6.53. The lowest BCUT2D eigenvalue weighted by Gasteiger charge is -2.45. The SMILES string of the molecule is CC(C)(C)c1ccc(N2c3ccc(C(C)(C)C)cc3B3c4ccc(C(C)(C)C)cc4N(c4ccc(C(C)(C)C)cc4)c4cc(C(C)(C)C)cc2c43)cc1. The van der Waals surface area contributed by atoms with Gasteiger partial charge in [0.1, 0.15) is 0 Å². The minimum absolute atomic E-state index is 0.00931. The summed E-state index contributed by atoms with van der Waals surface area (Å²) >= 11 is 0. The summed E-state index contributed by atoms with van der Waals surface area (Å²) in [6, 6.07) is 38.3. The van der Waals surface area contributed by atoms with Gasteiger partial charge >= 0.3 is 0 Å². The number of rotatable bonds is 2. The topological polar surface area (TPSA) is 6.48 Å². The fourth-order valence-electron chi connectivity index (χ4n) is 8.14. The van der Waals surface area contributed by atoms with Crippen LogP contribution in [0, 0.1) is 0 Å². The van der Waals surface area contributed by atoms with E-state index in [9.17, 15) is 0 Å². The Kier molecular flexibility index (Phi) is 8.50. The van der Waals surface area contributed by atoms with Crippen LogP contribution in [0.3, 0.4) is 0 Å². The van der Waals surface area contributed by atoms with Gasteiger partial charge in [0.2, 0.25) is 0 Å². The number of nitrogens with zero attached hydrogens (tertiary/aromatic N) is 2. The lowest BCUT2D eigenvalue weighted by Crippen LogP contribution is -2.61. The number of benzene rings is 5. The maximum absolute atomic E-state index is 2.58. The van der Waals surface area contributed by atoms with Gasteiger partial charge in [0.15, 0.2) is 0 Å². The van der Waals surface area contributed by atoms with Crippen molar-refractivity contribution in [3.63, 3.8) is 0 Å². The van der Waals surface area contributed by atoms with E-state index in [2.05, 4.69) is 211 Å². The van der Waals surface area contributed by atoms with Gasteiger partial charge < -0.3 is 9.80 Å². The lowest BCUT2D eigenvalue weighted by atomic mass is 9.33. The molecule has 2 nitrogen and oxygen atoms in total. The monoisotopic (exact) mass is 700 g/mol. The number of anilines is 6. The van der Waals surface area contributed by atoms with Crippen LogP contribution in [0.15, 0.2) is 97.1 Å². The molecule has 5 aromatic carbocycles. The number of hydrogen-bond donors (Lipinski definition) is 0. The Morgan fingerprint density at radius 2 is 0.679 bits per heavy atom. The van der Waals surface area contributed by atoms with Crippen molar-refractivity contribution in [1.29, 1.82) is 0 Å². The molecule has 2 heterocycles. The molecule has 0 saturated carbocycles. The molecule has 0 atom stereocenters. The third-order valence-electron chi connectivity index (χ3n) is 11.6. The van der Waals surface area contributed by atoms with E-state index in [4.69, 9.17) is 0 Å². The summed E-state index contributed by atoms with van der Waals surface area (Å²) in [6.45, 7) is 34.9. The molecule has 0 aliphatic carbocycles. The minimum atomic E-state index is -0.0611. The molecule has 0 radical (unpaired) electrons. The quantitative estimate of drug-likeness (QED) is 0.166. The van der Waals surface area contributed by atoms with Crippen LogP contribution in [-0.4, -0.2) is 6.71 Å². The first-order valence-corrected chi connectivity index (χ1v) is 19.7. The van der Waals surface area contributed by atoms with E-state index >= 15 is 0 Å². The standard InChI is InChI=1S/C50H61BN2/c1-46(2,3)32-16-22-37(23-17-32)52-41-27-21-34(48(7,8)9)28-40(41)51-39-26-20-35(49(10,11)12)29-42(39)53(38-24-18-33(19-25-38)47(4,5)6)44-31-36(50(13,14)15)30-43(52)45(44)51/h16-31H,1-15H3. The Balaban J connectivity index is 1.61. The molecule has 2 aliphatic heterocycles. The Morgan fingerprint density at radius 3 is 1.11 bits per heavy atom. The Hall–Kier alpha value is -4.24. The van der Waals surface area contributed by atoms with Crippen LogP contribution in [0.1, 0.15) is 132 Å². The molecule has 0 aromatic heterocycles. The molecule has 274 valence electrons. The lowest BCUT2D eigenvalue weighted by molar-refractivity contribution is 0.589. The van der Waals surface area contributed by atoms with Crippen LogP contribution in [0.5, 0.6) is 0 Å². The van der Waals surface area contributed by atoms with Crippen LogP contribution in [0.25, 0.3) is 0 Å². The molecule has 3 heteroatoms. The van der Waals surface area contributed by atoms with E-state index in [1.54, 1.807) is 0 Å². The van der Waals surface area contributed by atoms with Crippen molar-refractivity contribution >= 4 is 57.2 Å². The van der Waals surface area contributed by atoms with Gasteiger partial charge in [-0.2, -0.15) is 0 Å². The fourth-order valence-corrected chi connectivity index (χ4v) is 8.14. The van der Waals surface area contributed by atoms with E-state index < -0.39 is 0 Å². The molecule has 0 bridgehead atoms. The van der Waals surface area contributed by atoms with Gasteiger partial charge in [-0.15, -0.1) is 0 Å². The largest absolute Gasteiger partial charge is 0.311 e. The van der Waals surface area contributed by atoms with Gasteiger partial charge in [0, 0.05) is 34.1 Å². The molecule has 0 spiro atoms. The van der Waals surface area contributed by atoms with Crippen LogP contribution in [0.2, 0.25) is 0 Å². The summed E-state index contributed by atoms with van der Waals surface area (Å²) in [6.07, 6.45) is 0. The zero-order valence-corrected chi connectivity index (χ0v) is 35.2. The fraction of sp³-hybridized carbons (Fsp3) is 0.400. The summed E-state index contributed by atoms with van der Waals surface area (Å²) in [4.78, 5) is 5.15. The molecule has 0 unspecified atom stereocenters. The maximum atomic E-state index is 2.58. The Morgan fingerprint density at radius 1 is 0.321 bits per heavy atom. The molecule has 0 amide bonds. The first-order valence-electron chi connectivity index (χ1n) is 19.7. The molecule has 0 N–H and O–H groups in total. The molecule has 53 heavy (non-hydrogen) atoms. The predicted octanol–water partition coefficient (Wildman–Crippen LogP) is 12.3. The maximum Gasteiger partial charge on any atom is 0.252 e. The predicted molar refractivity (Wildman–Crippen MR) is 234 cm³/mol. The zero-order valence-electron chi connectivity index (χ0n) is 35.2. The Labute approximate surface area is 321 Å². The van der Waals surface area contributed by atoms with E-state index in [0.717, 1.165) is 0 Å². The van der Waals surface area contributed by atoms with Crippen LogP contribution in [-0.2, 0) is 27.1 Å². The van der Waals surface area contributed by atoms with E-state index in [1.807, 2.05) is 0 Å². The average molecular weight is 701 g/mol. The van der Waals surface area contributed by atoms with Gasteiger partial charge in [0.05, 0.1) is 0 Å². The number of fused-ring (bicyclic) bond motifs is 4. The molecule has 0 saturated heterocycles. The normalized spacial score (nSPS) is 14.6. The Bertz CT molecular complexity index is 2190. The molecule has 2 aliphatic rings. The molecule has 5 aromatic rings. The highest BCUT2D eigenvalue weighted by atomic mass is 15.2. The second kappa shape index (κ2) is 12.1. The molecule has 7 rings (SSSR count). The first kappa shape index (κ1) is 37.1. The van der Waals surface area contributed by atoms with Crippen molar-refractivity contribution in [1.82, 2.24) is 0 Å². The second-order valence-corrected chi connectivity index (χ2v) is 20.9. The van der Waals surface area contributed by atoms with Crippen LogP contribution < -0.4 is 26.2 Å². The van der Waals surface area contributed by atoms with E-state index in [0.29, 0.717) is 0 Å². The van der Waals surface area contributed by atoms with Gasteiger partial charge in [-0.1, -0.05) is 152 Å². The zero-order chi connectivity index (χ0) is 38.6. The van der Waals surface area contributed by atoms with Gasteiger partial charge in [-0.05, 0) is 120 Å². The van der Waals surface area contributed by atoms with Crippen molar-refractivity contribution < 1.29 is 0 Å². The number of hydrogen-bond acceptors (Lipinski definition) is 2. The van der Waals surface area contributed by atoms with Crippen LogP contribution >= 0.6 is 0 Å². The highest BCUT2D eigenvalue weighted by molar-refractivity contribution is 7.00. The minimum Gasteiger partial charge on any atom is -0.311 e. The summed E-state index contributed by atoms with van der Waals surface area (Å²) in [5.41, 5.74) is 18.5. The van der Waals surface area contributed by atoms with Crippen molar-refractivity contribution in [2.24, 2.45) is 0 Å². The van der Waals surface area contributed by atoms with E-state index in [1.165, 1.54) is 78.3 Å². The highest BCUT2D eigenvalue weighted by Gasteiger charge is 2.45. The van der Waals surface area contributed by atoms with Gasteiger partial charge in [-0.3, -0.25) is 0 Å². The second-order valence-electron chi connectivity index (χ2n) is 20.9. The first-order chi connectivity index (χ1) is 24.4. The molecule has 0 fully saturated rings. The molecular formula is C50H61BN2. The average Bonchev–Trinajstić information content (AvgIpc) is 3.05. The third-order valence-corrected chi connectivity index (χ3v) is 11.6. The van der Waals surface area contributed by atoms with Gasteiger partial charge in [-0.25, -0.2) is 0 Å². The summed E-state index contributed by atoms with van der Waals surface area (Å²) in [7, 11) is 0. The smallest absolute Gasteiger partial charge is 0.252 e. The van der Waals surface area contributed by atoms with Crippen molar-refractivity contribution in [3.05, 3.63) is 125 Å². The molecular weight excluding hydrogens is 639 g/mol. The van der Waals surface area contributed by atoms with Crippen molar-refractivity contribution in [2.75, 3.05) is 9.80 Å². The summed E-state index contributed by atoms with van der Waals surface area (Å²) < 4.78 is 0. The summed E-state index contributed by atoms with van der Waals surface area (Å²) in [5.74, 6) is 0. The van der Waals surface area contributed by atoms with Crippen molar-refractivity contribution in [2.45, 2.75) is 131 Å². The summed E-state index contributed by atoms with van der Waals surface area (Å²) in [5, 5.41) is 0. The highest BCUT2D eigenvalue weighted by Crippen LogP contribution is 2.47. The van der Waals surface area contributed by atoms with Crippen LogP contribution in [0.4, 0.5) is 34.1 Å². The van der Waals surface area contributed by atoms with Gasteiger partial charge in [0.25, 0.3) is 6.71 Å².